The molecule has 0 heterocycles. The highest BCUT2D eigenvalue weighted by Crippen LogP contribution is 2.38. The van der Waals surface area contributed by atoms with Gasteiger partial charge < -0.3 is 4.74 Å². The summed E-state index contributed by atoms with van der Waals surface area (Å²) < 4.78 is 29.2. The van der Waals surface area contributed by atoms with Crippen molar-refractivity contribution in [2.45, 2.75) is 28.5 Å². The van der Waals surface area contributed by atoms with Gasteiger partial charge in [0, 0.05) is 9.92 Å². The molecule has 0 N–H and O–H groups in total. The third-order valence-electron chi connectivity index (χ3n) is 3.23. The maximum Gasteiger partial charge on any atom is 0.178 e. The molecule has 22 heavy (non-hydrogen) atoms. The maximum absolute atomic E-state index is 11.9. The lowest BCUT2D eigenvalue weighted by atomic mass is 10.2. The van der Waals surface area contributed by atoms with E-state index in [0.29, 0.717) is 9.92 Å². The molecule has 2 aromatic carbocycles. The van der Waals surface area contributed by atoms with E-state index in [1.54, 1.807) is 32.2 Å². The van der Waals surface area contributed by atoms with Crippen molar-refractivity contribution in [3.05, 3.63) is 47.0 Å². The number of hydrogen-bond donors (Lipinski definition) is 0. The van der Waals surface area contributed by atoms with Gasteiger partial charge in [-0.15, -0.1) is 0 Å². The van der Waals surface area contributed by atoms with E-state index in [9.17, 15) is 8.42 Å². The molecule has 0 aromatic heterocycles. The molecule has 0 aliphatic heterocycles. The molecule has 2 aromatic rings. The smallest absolute Gasteiger partial charge is 0.178 e. The zero-order valence-corrected chi connectivity index (χ0v) is 15.0. The van der Waals surface area contributed by atoms with Gasteiger partial charge >= 0.3 is 0 Å². The van der Waals surface area contributed by atoms with Crippen LogP contribution in [0.1, 0.15) is 12.5 Å². The summed E-state index contributed by atoms with van der Waals surface area (Å²) in [7, 11) is -1.58. The Kier molecular flexibility index (Phi) is 5.42. The number of halogens is 1. The predicted molar refractivity (Wildman–Crippen MR) is 91.0 cm³/mol. The normalized spacial score (nSPS) is 11.5. The van der Waals surface area contributed by atoms with Crippen molar-refractivity contribution in [3.8, 4) is 5.75 Å². The van der Waals surface area contributed by atoms with Crippen LogP contribution in [0.25, 0.3) is 0 Å². The fourth-order valence-corrected chi connectivity index (χ4v) is 4.18. The lowest BCUT2D eigenvalue weighted by Gasteiger charge is -2.11. The van der Waals surface area contributed by atoms with Gasteiger partial charge in [0.05, 0.1) is 22.7 Å². The Bertz CT molecular complexity index is 786. The molecule has 0 amide bonds. The Labute approximate surface area is 140 Å². The van der Waals surface area contributed by atoms with E-state index in [-0.39, 0.29) is 5.75 Å². The van der Waals surface area contributed by atoms with Crippen LogP contribution in [-0.2, 0) is 9.84 Å². The van der Waals surface area contributed by atoms with Crippen LogP contribution in [0.2, 0.25) is 5.02 Å². The number of hydrogen-bond acceptors (Lipinski definition) is 4. The highest BCUT2D eigenvalue weighted by Gasteiger charge is 2.14. The lowest BCUT2D eigenvalue weighted by molar-refractivity contribution is 0.405. The van der Waals surface area contributed by atoms with E-state index in [4.69, 9.17) is 16.3 Å². The molecule has 0 fully saturated rings. The van der Waals surface area contributed by atoms with E-state index in [1.807, 2.05) is 25.1 Å². The van der Waals surface area contributed by atoms with E-state index in [2.05, 4.69) is 0 Å². The summed E-state index contributed by atoms with van der Waals surface area (Å²) >= 11 is 7.54. The van der Waals surface area contributed by atoms with Gasteiger partial charge in [-0.1, -0.05) is 30.3 Å². The summed E-state index contributed by atoms with van der Waals surface area (Å²) in [6.07, 6.45) is 0. The SMILES string of the molecule is CCS(=O)(=O)c1ccc(Sc2cc(Cl)ccc2OC)c(C)c1. The van der Waals surface area contributed by atoms with Gasteiger partial charge in [-0.25, -0.2) is 8.42 Å². The topological polar surface area (TPSA) is 43.4 Å². The second kappa shape index (κ2) is 6.94. The molecule has 6 heteroatoms. The average Bonchev–Trinajstić information content (AvgIpc) is 2.49. The van der Waals surface area contributed by atoms with Crippen molar-refractivity contribution in [1.29, 1.82) is 0 Å². The van der Waals surface area contributed by atoms with Crippen LogP contribution in [0, 0.1) is 6.92 Å². The fourth-order valence-electron chi connectivity index (χ4n) is 1.95. The third kappa shape index (κ3) is 3.77. The molecule has 0 aliphatic rings. The van der Waals surface area contributed by atoms with Crippen molar-refractivity contribution >= 4 is 33.2 Å². The molecule has 0 atom stereocenters. The molecule has 0 radical (unpaired) electrons. The Hall–Kier alpha value is -1.17. The minimum atomic E-state index is -3.18. The number of methoxy groups -OCH3 is 1. The van der Waals surface area contributed by atoms with Gasteiger partial charge in [0.15, 0.2) is 9.84 Å². The lowest BCUT2D eigenvalue weighted by Crippen LogP contribution is -2.03. The molecule has 2 rings (SSSR count). The van der Waals surface area contributed by atoms with E-state index >= 15 is 0 Å². The average molecular weight is 357 g/mol. The zero-order chi connectivity index (χ0) is 16.3. The van der Waals surface area contributed by atoms with E-state index < -0.39 is 9.84 Å². The van der Waals surface area contributed by atoms with Crippen LogP contribution >= 0.6 is 23.4 Å². The molecule has 0 saturated heterocycles. The number of benzene rings is 2. The number of ether oxygens (including phenoxy) is 1. The Morgan fingerprint density at radius 3 is 2.45 bits per heavy atom. The summed E-state index contributed by atoms with van der Waals surface area (Å²) in [6.45, 7) is 3.54. The van der Waals surface area contributed by atoms with Crippen LogP contribution < -0.4 is 4.74 Å². The predicted octanol–water partition coefficient (Wildman–Crippen LogP) is 4.60. The number of rotatable bonds is 5. The van der Waals surface area contributed by atoms with Crippen molar-refractivity contribution < 1.29 is 13.2 Å². The largest absolute Gasteiger partial charge is 0.496 e. The Balaban J connectivity index is 2.38. The molecular weight excluding hydrogens is 340 g/mol. The molecule has 0 bridgehead atoms. The van der Waals surface area contributed by atoms with Crippen LogP contribution in [0.4, 0.5) is 0 Å². The maximum atomic E-state index is 11.9. The number of aryl methyl sites for hydroxylation is 1. The molecule has 3 nitrogen and oxygen atoms in total. The van der Waals surface area contributed by atoms with Gasteiger partial charge in [-0.3, -0.25) is 0 Å². The summed E-state index contributed by atoms with van der Waals surface area (Å²) in [5.74, 6) is 0.833. The second-order valence-corrected chi connectivity index (χ2v) is 8.53. The minimum Gasteiger partial charge on any atom is -0.496 e. The molecule has 0 saturated carbocycles. The first-order valence-electron chi connectivity index (χ1n) is 6.72. The summed E-state index contributed by atoms with van der Waals surface area (Å²) in [4.78, 5) is 2.22. The molecular formula is C16H17ClO3S2. The van der Waals surface area contributed by atoms with Crippen molar-refractivity contribution in [3.63, 3.8) is 0 Å². The van der Waals surface area contributed by atoms with Gasteiger partial charge in [0.1, 0.15) is 5.75 Å². The summed E-state index contributed by atoms with van der Waals surface area (Å²) in [5.41, 5.74) is 0.904. The van der Waals surface area contributed by atoms with Crippen LogP contribution in [0.5, 0.6) is 5.75 Å². The molecule has 0 aliphatic carbocycles. The molecule has 118 valence electrons. The van der Waals surface area contributed by atoms with Gasteiger partial charge in [-0.05, 0) is 48.9 Å². The van der Waals surface area contributed by atoms with Gasteiger partial charge in [0.25, 0.3) is 0 Å². The molecule has 0 unspecified atom stereocenters. The quantitative estimate of drug-likeness (QED) is 0.785. The first-order valence-corrected chi connectivity index (χ1v) is 9.57. The van der Waals surface area contributed by atoms with Crippen LogP contribution in [0.15, 0.2) is 51.1 Å². The summed E-state index contributed by atoms with van der Waals surface area (Å²) in [6, 6.07) is 10.6. The first-order chi connectivity index (χ1) is 10.4. The molecule has 0 spiro atoms. The second-order valence-electron chi connectivity index (χ2n) is 4.73. The number of sulfone groups is 1. The van der Waals surface area contributed by atoms with Gasteiger partial charge in [0.2, 0.25) is 0 Å². The third-order valence-corrected chi connectivity index (χ3v) is 6.42. The minimum absolute atomic E-state index is 0.0983. The van der Waals surface area contributed by atoms with Crippen molar-refractivity contribution in [2.24, 2.45) is 0 Å². The van der Waals surface area contributed by atoms with Crippen LogP contribution in [0.3, 0.4) is 0 Å². The van der Waals surface area contributed by atoms with Crippen molar-refractivity contribution in [1.82, 2.24) is 0 Å². The van der Waals surface area contributed by atoms with Gasteiger partial charge in [-0.2, -0.15) is 0 Å². The standard InChI is InChI=1S/C16H17ClO3S2/c1-4-22(18,19)13-6-8-15(11(2)9-13)21-16-10-12(17)5-7-14(16)20-3/h5-10H,4H2,1-3H3. The first kappa shape index (κ1) is 17.2. The van der Waals surface area contributed by atoms with E-state index in [0.717, 1.165) is 21.1 Å². The van der Waals surface area contributed by atoms with Crippen LogP contribution in [-0.4, -0.2) is 21.3 Å². The fraction of sp³-hybridized carbons (Fsp3) is 0.250. The highest BCUT2D eigenvalue weighted by molar-refractivity contribution is 7.99. The van der Waals surface area contributed by atoms with Crippen molar-refractivity contribution in [2.75, 3.05) is 12.9 Å². The Morgan fingerprint density at radius 1 is 1.14 bits per heavy atom. The monoisotopic (exact) mass is 356 g/mol. The van der Waals surface area contributed by atoms with E-state index in [1.165, 1.54) is 11.8 Å². The summed E-state index contributed by atoms with van der Waals surface area (Å²) in [5, 5.41) is 0.631. The highest BCUT2D eigenvalue weighted by atomic mass is 35.5. The zero-order valence-electron chi connectivity index (χ0n) is 12.6. The Morgan fingerprint density at radius 2 is 1.86 bits per heavy atom.